The average molecular weight is 593 g/mol. The summed E-state index contributed by atoms with van der Waals surface area (Å²) < 4.78 is 15.6. The molecule has 1 atom stereocenters. The van der Waals surface area contributed by atoms with Gasteiger partial charge in [-0.3, -0.25) is 0 Å². The Morgan fingerprint density at radius 2 is 1.41 bits per heavy atom. The third kappa shape index (κ3) is 4.75. The summed E-state index contributed by atoms with van der Waals surface area (Å²) in [5.74, 6) is 0.0121. The lowest BCUT2D eigenvalue weighted by Gasteiger charge is -2.21. The Hall–Kier alpha value is -4.19. The van der Waals surface area contributed by atoms with Crippen LogP contribution in [0, 0.1) is 0 Å². The number of hydrogen-bond donors (Lipinski definition) is 0. The van der Waals surface area contributed by atoms with Crippen LogP contribution in [0.5, 0.6) is 0 Å². The lowest BCUT2D eigenvalue weighted by molar-refractivity contribution is 0.578. The molecular formula is C42H38FP. The standard InChI is InChI=1S/C42H38FP/c1-28-14-7-5-10-18-36(34-17-11-12-21-39(34)43)42-37-20-13-19-35-33(26-27-38(41(35)37)40(42)29(28)2)30-22-24-32(25-23-30)44(3,4)31-15-8-6-9-16-31/h6-9,11,13-17,19-20,22-27H,1,3,5,10,12,18,21H2,2,4H3/b14-7-,40-29-,42-36+. The molecule has 218 valence electrons. The second kappa shape index (κ2) is 11.4. The van der Waals surface area contributed by atoms with Gasteiger partial charge in [0.05, 0.1) is 0 Å². The van der Waals surface area contributed by atoms with Crippen LogP contribution in [0.4, 0.5) is 4.39 Å². The second-order valence-electron chi connectivity index (χ2n) is 12.4. The Balaban J connectivity index is 1.44. The maximum atomic E-state index is 15.6. The van der Waals surface area contributed by atoms with Crippen molar-refractivity contribution in [3.63, 3.8) is 0 Å². The Morgan fingerprint density at radius 3 is 2.18 bits per heavy atom. The van der Waals surface area contributed by atoms with Gasteiger partial charge in [-0.25, -0.2) is 4.39 Å². The van der Waals surface area contributed by atoms with Gasteiger partial charge in [-0.2, -0.15) is 0 Å². The maximum absolute atomic E-state index is 15.6. The lowest BCUT2D eigenvalue weighted by Crippen LogP contribution is -2.14. The Morgan fingerprint density at radius 1 is 0.705 bits per heavy atom. The van der Waals surface area contributed by atoms with E-state index in [9.17, 15) is 0 Å². The van der Waals surface area contributed by atoms with E-state index >= 15 is 4.39 Å². The number of allylic oxidation sites excluding steroid dienone is 11. The third-order valence-corrected chi connectivity index (χ3v) is 12.5. The van der Waals surface area contributed by atoms with Crippen LogP contribution in [-0.4, -0.2) is 13.0 Å². The topological polar surface area (TPSA) is 0 Å². The largest absolute Gasteiger partial charge is 0.211 e. The molecule has 0 heterocycles. The number of fused-ring (bicyclic) bond motifs is 3. The van der Waals surface area contributed by atoms with Gasteiger partial charge in [0.1, 0.15) is 5.83 Å². The minimum atomic E-state index is -1.70. The van der Waals surface area contributed by atoms with Crippen LogP contribution >= 0.6 is 6.89 Å². The van der Waals surface area contributed by atoms with Gasteiger partial charge in [0.25, 0.3) is 0 Å². The number of hydrogen-bond acceptors (Lipinski definition) is 0. The van der Waals surface area contributed by atoms with Crippen molar-refractivity contribution < 1.29 is 4.39 Å². The van der Waals surface area contributed by atoms with E-state index in [1.807, 2.05) is 6.08 Å². The molecule has 4 aromatic carbocycles. The van der Waals surface area contributed by atoms with E-state index in [2.05, 4.69) is 130 Å². The summed E-state index contributed by atoms with van der Waals surface area (Å²) in [5.41, 5.74) is 11.3. The van der Waals surface area contributed by atoms with Crippen LogP contribution in [0.15, 0.2) is 144 Å². The summed E-state index contributed by atoms with van der Waals surface area (Å²) in [6, 6.07) is 30.9. The predicted molar refractivity (Wildman–Crippen MR) is 193 cm³/mol. The molecule has 0 spiro atoms. The fourth-order valence-electron chi connectivity index (χ4n) is 7.13. The van der Waals surface area contributed by atoms with Crippen molar-refractivity contribution >= 4 is 45.7 Å². The van der Waals surface area contributed by atoms with Crippen LogP contribution in [0.1, 0.15) is 50.2 Å². The molecule has 0 N–H and O–H groups in total. The predicted octanol–water partition coefficient (Wildman–Crippen LogP) is 10.9. The van der Waals surface area contributed by atoms with Crippen molar-refractivity contribution in [2.45, 2.75) is 39.0 Å². The van der Waals surface area contributed by atoms with Gasteiger partial charge in [0.2, 0.25) is 0 Å². The molecule has 2 heteroatoms. The highest BCUT2D eigenvalue weighted by Gasteiger charge is 2.31. The summed E-state index contributed by atoms with van der Waals surface area (Å²) in [6.07, 6.45) is 17.2. The Kier molecular flexibility index (Phi) is 7.39. The maximum Gasteiger partial charge on any atom is 0.108 e. The number of rotatable bonds is 4. The first-order valence-electron chi connectivity index (χ1n) is 15.7. The van der Waals surface area contributed by atoms with Crippen molar-refractivity contribution in [2.24, 2.45) is 0 Å². The van der Waals surface area contributed by atoms with Gasteiger partial charge in [-0.1, -0.05) is 129 Å². The molecule has 7 rings (SSSR count). The Bertz CT molecular complexity index is 2030. The highest BCUT2D eigenvalue weighted by molar-refractivity contribution is 7.86. The lowest BCUT2D eigenvalue weighted by atomic mass is 9.83. The fourth-order valence-corrected chi connectivity index (χ4v) is 9.06. The highest BCUT2D eigenvalue weighted by atomic mass is 31.2. The van der Waals surface area contributed by atoms with Gasteiger partial charge in [0, 0.05) is 12.0 Å². The van der Waals surface area contributed by atoms with E-state index in [4.69, 9.17) is 0 Å². The molecule has 4 aromatic rings. The first-order valence-corrected chi connectivity index (χ1v) is 18.1. The molecule has 44 heavy (non-hydrogen) atoms. The monoisotopic (exact) mass is 592 g/mol. The molecule has 1 unspecified atom stereocenters. The molecule has 0 bridgehead atoms. The van der Waals surface area contributed by atoms with Gasteiger partial charge >= 0.3 is 0 Å². The first kappa shape index (κ1) is 28.6. The van der Waals surface area contributed by atoms with Crippen molar-refractivity contribution in [2.75, 3.05) is 6.66 Å². The average Bonchev–Trinajstić information content (AvgIpc) is 3.38. The smallest absolute Gasteiger partial charge is 0.108 e. The molecule has 0 radical (unpaired) electrons. The molecule has 0 nitrogen and oxygen atoms in total. The summed E-state index contributed by atoms with van der Waals surface area (Å²) in [6.45, 7) is 7.22. The molecular weight excluding hydrogens is 554 g/mol. The molecule has 0 aromatic heterocycles. The van der Waals surface area contributed by atoms with Gasteiger partial charge < -0.3 is 0 Å². The quantitative estimate of drug-likeness (QED) is 0.207. The summed E-state index contributed by atoms with van der Waals surface area (Å²) in [7, 11) is 0. The van der Waals surface area contributed by atoms with Crippen LogP contribution in [0.2, 0.25) is 0 Å². The van der Waals surface area contributed by atoms with Crippen molar-refractivity contribution in [1.82, 2.24) is 0 Å². The third-order valence-electron chi connectivity index (χ3n) is 9.61. The molecule has 0 saturated heterocycles. The SMILES string of the molecule is C=C1/C=C\CCC/C(C2=C(F)CCC=C2)=C2\C(=C/1C)c1ccc(-c3ccc(P(=C)(C)c4ccccc4)cc3)c3cccc2c13. The molecule has 0 saturated carbocycles. The van der Waals surface area contributed by atoms with Crippen molar-refractivity contribution in [3.8, 4) is 11.1 Å². The minimum absolute atomic E-state index is 0.0121. The zero-order valence-corrected chi connectivity index (χ0v) is 26.6. The van der Waals surface area contributed by atoms with E-state index < -0.39 is 6.89 Å². The molecule has 0 fully saturated rings. The van der Waals surface area contributed by atoms with Crippen molar-refractivity contribution in [3.05, 3.63) is 155 Å². The molecule has 3 aliphatic rings. The van der Waals surface area contributed by atoms with Crippen LogP contribution in [0.3, 0.4) is 0 Å². The molecule has 0 aliphatic heterocycles. The van der Waals surface area contributed by atoms with Gasteiger partial charge in [-0.05, 0) is 111 Å². The summed E-state index contributed by atoms with van der Waals surface area (Å²) in [4.78, 5) is 0. The van der Waals surface area contributed by atoms with Crippen LogP contribution < -0.4 is 10.6 Å². The number of benzene rings is 4. The zero-order chi connectivity index (χ0) is 30.4. The Labute approximate surface area is 261 Å². The summed E-state index contributed by atoms with van der Waals surface area (Å²) in [5, 5.41) is 5.09. The van der Waals surface area contributed by atoms with E-state index in [1.54, 1.807) is 0 Å². The van der Waals surface area contributed by atoms with E-state index in [1.165, 1.54) is 54.8 Å². The minimum Gasteiger partial charge on any atom is -0.211 e. The van der Waals surface area contributed by atoms with Crippen molar-refractivity contribution in [1.29, 1.82) is 0 Å². The van der Waals surface area contributed by atoms with Crippen LogP contribution in [-0.2, 0) is 0 Å². The van der Waals surface area contributed by atoms with E-state index in [-0.39, 0.29) is 5.83 Å². The zero-order valence-electron chi connectivity index (χ0n) is 25.7. The van der Waals surface area contributed by atoms with E-state index in [0.717, 1.165) is 48.0 Å². The van der Waals surface area contributed by atoms with Gasteiger partial charge in [0.15, 0.2) is 0 Å². The first-order chi connectivity index (χ1) is 21.4. The second-order valence-corrected chi connectivity index (χ2v) is 15.8. The number of halogens is 1. The van der Waals surface area contributed by atoms with Gasteiger partial charge in [-0.15, -0.1) is 0 Å². The molecule has 0 amide bonds. The van der Waals surface area contributed by atoms with E-state index in [0.29, 0.717) is 6.42 Å². The summed E-state index contributed by atoms with van der Waals surface area (Å²) >= 11 is 0. The molecule has 3 aliphatic carbocycles. The highest BCUT2D eigenvalue weighted by Crippen LogP contribution is 2.53. The van der Waals surface area contributed by atoms with Crippen LogP contribution in [0.25, 0.3) is 33.0 Å². The fraction of sp³-hybridized carbons (Fsp3) is 0.167. The normalized spacial score (nSPS) is 22.2.